The predicted octanol–water partition coefficient (Wildman–Crippen LogP) is 1.90. The van der Waals surface area contributed by atoms with Gasteiger partial charge in [0.2, 0.25) is 11.5 Å². The molecule has 6 nitrogen and oxygen atoms in total. The first kappa shape index (κ1) is 15.5. The lowest BCUT2D eigenvalue weighted by molar-refractivity contribution is -0.380. The van der Waals surface area contributed by atoms with Gasteiger partial charge in [-0.15, -0.1) is 0 Å². The van der Waals surface area contributed by atoms with Gasteiger partial charge in [0, 0.05) is 17.5 Å². The van der Waals surface area contributed by atoms with Crippen molar-refractivity contribution in [2.24, 2.45) is 10.9 Å². The normalized spacial score (nSPS) is 11.2. The van der Waals surface area contributed by atoms with Crippen molar-refractivity contribution >= 4 is 22.6 Å². The van der Waals surface area contributed by atoms with E-state index < -0.39 is 5.97 Å². The van der Waals surface area contributed by atoms with Crippen LogP contribution in [-0.2, 0) is 9.63 Å². The molecule has 1 heterocycles. The number of nitrogens with two attached hydrogens (primary N) is 1. The molecule has 0 saturated carbocycles. The minimum atomic E-state index is -0.637. The van der Waals surface area contributed by atoms with E-state index in [0.717, 1.165) is 10.8 Å². The first-order valence-electron chi connectivity index (χ1n) is 7.35. The van der Waals surface area contributed by atoms with Crippen LogP contribution in [0.2, 0.25) is 0 Å². The van der Waals surface area contributed by atoms with Crippen LogP contribution in [0.15, 0.2) is 72.0 Å². The monoisotopic (exact) mass is 322 g/mol. The lowest BCUT2D eigenvalue weighted by Gasteiger charge is -2.07. The summed E-state index contributed by atoms with van der Waals surface area (Å²) in [6, 6.07) is 18.7. The number of nitrogens with zero attached hydrogens (tertiary/aromatic N) is 1. The lowest BCUT2D eigenvalue weighted by Crippen LogP contribution is -2.25. The third-order valence-electron chi connectivity index (χ3n) is 3.33. The molecule has 24 heavy (non-hydrogen) atoms. The SMILES string of the molecule is NC(=NOC(=O)COc1cccc2ccccc12)c1cccc[nH+]1. The number of amidine groups is 1. The standard InChI is InChI=1S/C18H15N3O3/c19-18(15-9-3-4-11-20-15)21-24-17(22)12-23-16-10-5-7-13-6-1-2-8-14(13)16/h1-11H,12H2,(H2,19,21)/p+1. The summed E-state index contributed by atoms with van der Waals surface area (Å²) in [5.74, 6) is 0.0503. The Balaban J connectivity index is 1.61. The molecule has 0 fully saturated rings. The summed E-state index contributed by atoms with van der Waals surface area (Å²) in [5, 5.41) is 5.56. The van der Waals surface area contributed by atoms with E-state index in [2.05, 4.69) is 10.1 Å². The molecule has 0 radical (unpaired) electrons. The van der Waals surface area contributed by atoms with Gasteiger partial charge in [-0.05, 0) is 17.5 Å². The highest BCUT2D eigenvalue weighted by Gasteiger charge is 2.10. The third-order valence-corrected chi connectivity index (χ3v) is 3.33. The van der Waals surface area contributed by atoms with Crippen molar-refractivity contribution in [2.75, 3.05) is 6.61 Å². The number of carbonyl (C=O) groups is 1. The molecule has 120 valence electrons. The molecule has 2 aromatic carbocycles. The summed E-state index contributed by atoms with van der Waals surface area (Å²) in [6.45, 7) is -0.261. The molecule has 6 heteroatoms. The van der Waals surface area contributed by atoms with Crippen LogP contribution in [0.4, 0.5) is 0 Å². The van der Waals surface area contributed by atoms with Gasteiger partial charge in [-0.1, -0.05) is 41.6 Å². The minimum Gasteiger partial charge on any atom is -0.481 e. The van der Waals surface area contributed by atoms with E-state index in [1.807, 2.05) is 36.4 Å². The van der Waals surface area contributed by atoms with Gasteiger partial charge in [0.05, 0.1) is 0 Å². The zero-order valence-electron chi connectivity index (χ0n) is 12.8. The molecule has 0 saturated heterocycles. The number of rotatable bonds is 5. The van der Waals surface area contributed by atoms with Gasteiger partial charge in [-0.25, -0.2) is 9.78 Å². The number of oxime groups is 1. The van der Waals surface area contributed by atoms with Crippen LogP contribution in [0.5, 0.6) is 5.75 Å². The van der Waals surface area contributed by atoms with Crippen molar-refractivity contribution in [3.63, 3.8) is 0 Å². The largest absolute Gasteiger partial charge is 0.481 e. The second kappa shape index (κ2) is 7.23. The lowest BCUT2D eigenvalue weighted by atomic mass is 10.1. The van der Waals surface area contributed by atoms with Crippen molar-refractivity contribution in [3.05, 3.63) is 72.6 Å². The number of nitrogens with one attached hydrogen (secondary N) is 1. The van der Waals surface area contributed by atoms with Gasteiger partial charge in [-0.2, -0.15) is 0 Å². The van der Waals surface area contributed by atoms with Crippen molar-refractivity contribution < 1.29 is 19.4 Å². The van der Waals surface area contributed by atoms with Crippen molar-refractivity contribution in [2.45, 2.75) is 0 Å². The Morgan fingerprint density at radius 2 is 1.83 bits per heavy atom. The topological polar surface area (TPSA) is 88.1 Å². The van der Waals surface area contributed by atoms with Crippen molar-refractivity contribution in [1.82, 2.24) is 0 Å². The fourth-order valence-electron chi connectivity index (χ4n) is 2.19. The Morgan fingerprint density at radius 3 is 2.67 bits per heavy atom. The van der Waals surface area contributed by atoms with Gasteiger partial charge in [-0.3, -0.25) is 0 Å². The fourth-order valence-corrected chi connectivity index (χ4v) is 2.19. The van der Waals surface area contributed by atoms with E-state index in [9.17, 15) is 4.79 Å². The molecule has 3 aromatic rings. The zero-order valence-corrected chi connectivity index (χ0v) is 12.8. The number of hydrogen-bond donors (Lipinski definition) is 1. The Hall–Kier alpha value is -3.41. The van der Waals surface area contributed by atoms with Crippen LogP contribution >= 0.6 is 0 Å². The van der Waals surface area contributed by atoms with Crippen LogP contribution in [0.25, 0.3) is 10.8 Å². The zero-order chi connectivity index (χ0) is 16.8. The maximum atomic E-state index is 11.8. The van der Waals surface area contributed by atoms with E-state index in [0.29, 0.717) is 11.4 Å². The summed E-state index contributed by atoms with van der Waals surface area (Å²) in [4.78, 5) is 19.4. The summed E-state index contributed by atoms with van der Waals surface area (Å²) >= 11 is 0. The van der Waals surface area contributed by atoms with Gasteiger partial charge in [0.15, 0.2) is 12.8 Å². The minimum absolute atomic E-state index is 0.0779. The smallest absolute Gasteiger partial charge is 0.372 e. The molecule has 0 spiro atoms. The Labute approximate surface area is 138 Å². The molecule has 0 atom stereocenters. The molecule has 0 bridgehead atoms. The van der Waals surface area contributed by atoms with E-state index in [-0.39, 0.29) is 12.4 Å². The summed E-state index contributed by atoms with van der Waals surface area (Å²) in [6.07, 6.45) is 1.70. The highest BCUT2D eigenvalue weighted by atomic mass is 16.7. The predicted molar refractivity (Wildman–Crippen MR) is 89.3 cm³/mol. The number of aromatic amines is 1. The van der Waals surface area contributed by atoms with Gasteiger partial charge >= 0.3 is 5.97 Å². The summed E-state index contributed by atoms with van der Waals surface area (Å²) in [7, 11) is 0. The molecule has 0 aliphatic carbocycles. The molecular weight excluding hydrogens is 306 g/mol. The highest BCUT2D eigenvalue weighted by molar-refractivity contribution is 5.94. The Kier molecular flexibility index (Phi) is 4.67. The quantitative estimate of drug-likeness (QED) is 0.336. The van der Waals surface area contributed by atoms with Crippen LogP contribution in [0.1, 0.15) is 5.69 Å². The van der Waals surface area contributed by atoms with E-state index >= 15 is 0 Å². The van der Waals surface area contributed by atoms with E-state index in [1.54, 1.807) is 30.5 Å². The number of pyridine rings is 1. The summed E-state index contributed by atoms with van der Waals surface area (Å²) < 4.78 is 5.53. The highest BCUT2D eigenvalue weighted by Crippen LogP contribution is 2.24. The number of ether oxygens (including phenoxy) is 1. The van der Waals surface area contributed by atoms with Crippen molar-refractivity contribution in [3.8, 4) is 5.75 Å². The number of hydrogen-bond acceptors (Lipinski definition) is 4. The van der Waals surface area contributed by atoms with Crippen molar-refractivity contribution in [1.29, 1.82) is 0 Å². The third kappa shape index (κ3) is 3.67. The molecule has 3 N–H and O–H groups in total. The molecule has 3 rings (SSSR count). The first-order valence-corrected chi connectivity index (χ1v) is 7.35. The van der Waals surface area contributed by atoms with E-state index in [4.69, 9.17) is 15.3 Å². The Morgan fingerprint density at radius 1 is 1.04 bits per heavy atom. The van der Waals surface area contributed by atoms with Gasteiger partial charge in [0.1, 0.15) is 5.75 Å². The Bertz CT molecular complexity index is 874. The molecule has 1 aromatic heterocycles. The number of carbonyl (C=O) groups excluding carboxylic acids is 1. The number of H-pyrrole nitrogens is 1. The van der Waals surface area contributed by atoms with Gasteiger partial charge < -0.3 is 15.3 Å². The number of fused-ring (bicyclic) bond motifs is 1. The second-order valence-corrected chi connectivity index (χ2v) is 4.98. The first-order chi connectivity index (χ1) is 11.7. The molecule has 0 aliphatic rings. The number of aromatic nitrogens is 1. The van der Waals surface area contributed by atoms with E-state index in [1.165, 1.54) is 0 Å². The maximum absolute atomic E-state index is 11.8. The molecule has 0 unspecified atom stereocenters. The average molecular weight is 322 g/mol. The second-order valence-electron chi connectivity index (χ2n) is 4.98. The fraction of sp³-hybridized carbons (Fsp3) is 0.0556. The summed E-state index contributed by atoms with van der Waals surface area (Å²) in [5.41, 5.74) is 6.28. The molecular formula is C18H16N3O3+. The average Bonchev–Trinajstić information content (AvgIpc) is 2.65. The molecule has 0 amide bonds. The van der Waals surface area contributed by atoms with Gasteiger partial charge in [0.25, 0.3) is 0 Å². The van der Waals surface area contributed by atoms with Crippen LogP contribution in [0, 0.1) is 0 Å². The van der Waals surface area contributed by atoms with Crippen LogP contribution < -0.4 is 15.5 Å². The molecule has 0 aliphatic heterocycles. The maximum Gasteiger partial charge on any atom is 0.372 e. The number of benzene rings is 2. The van der Waals surface area contributed by atoms with Crippen LogP contribution in [0.3, 0.4) is 0 Å². The van der Waals surface area contributed by atoms with Crippen LogP contribution in [-0.4, -0.2) is 18.4 Å².